The molecule has 12 nitrogen and oxygen atoms in total. The highest BCUT2D eigenvalue weighted by Gasteiger charge is 2.50. The molecule has 0 spiro atoms. The fourth-order valence-corrected chi connectivity index (χ4v) is 10.3. The first-order chi connectivity index (χ1) is 39.6. The monoisotopic (exact) mass is 1140 g/mol. The predicted molar refractivity (Wildman–Crippen MR) is 331 cm³/mol. The summed E-state index contributed by atoms with van der Waals surface area (Å²) in [5.74, 6) is -3.12. The van der Waals surface area contributed by atoms with Crippen LogP contribution in [0, 0.1) is 0 Å². The van der Waals surface area contributed by atoms with Gasteiger partial charge in [0.15, 0.2) is 24.6 Å². The molecule has 0 aromatic carbocycles. The second-order valence-electron chi connectivity index (χ2n) is 23.1. The molecule has 0 bridgehead atoms. The Morgan fingerprint density at radius 2 is 0.778 bits per heavy atom. The first kappa shape index (κ1) is 75.7. The number of aliphatic carboxylic acids is 1. The Bertz CT molecular complexity index is 1590. The summed E-state index contributed by atoms with van der Waals surface area (Å²) in [6.45, 7) is 5.92. The van der Waals surface area contributed by atoms with Gasteiger partial charge in [-0.1, -0.05) is 288 Å². The van der Waals surface area contributed by atoms with Crippen LogP contribution in [0.25, 0.3) is 0 Å². The molecule has 0 saturated carbocycles. The van der Waals surface area contributed by atoms with Crippen molar-refractivity contribution >= 4 is 23.9 Å². The molecule has 0 aromatic heterocycles. The topological polar surface area (TPSA) is 175 Å². The summed E-state index contributed by atoms with van der Waals surface area (Å²) >= 11 is 0. The maximum Gasteiger partial charge on any atom is 0.335 e. The van der Waals surface area contributed by atoms with E-state index < -0.39 is 67.3 Å². The number of aliphatic hydroxyl groups excluding tert-OH is 2. The zero-order valence-corrected chi connectivity index (χ0v) is 52.0. The number of unbranched alkanes of at least 4 members (excludes halogenated alkanes) is 36. The van der Waals surface area contributed by atoms with Gasteiger partial charge in [-0.15, -0.1) is 0 Å². The van der Waals surface area contributed by atoms with Gasteiger partial charge in [0.05, 0.1) is 6.61 Å². The second kappa shape index (κ2) is 57.1. The van der Waals surface area contributed by atoms with E-state index in [9.17, 15) is 34.5 Å². The van der Waals surface area contributed by atoms with Crippen LogP contribution in [0.3, 0.4) is 0 Å². The predicted octanol–water partition coefficient (Wildman–Crippen LogP) is 18.1. The standard InChI is InChI=1S/C69H122O12/c1-4-7-10-13-16-19-22-25-28-30-31-33-36-39-42-45-48-51-54-57-63(72)80-67-65(74)64(73)66(68(75)76)81-69(67)78-59-60(79-62(71)56-53-50-47-44-41-38-34-27-24-21-18-15-12-9-6-3)58-77-61(70)55-52-49-46-43-40-37-35-32-29-26-23-20-17-14-11-8-5-2/h8,11,17,20,26,29,35,37,60,64-67,69,73-74H,4-7,9-10,12-16,18-19,21-25,27-28,30-34,36,38-59H2,1-3H3,(H,75,76)/b11-8-,20-17-,29-26-,37-35-. The summed E-state index contributed by atoms with van der Waals surface area (Å²) < 4.78 is 28.6. The van der Waals surface area contributed by atoms with Crippen molar-refractivity contribution in [3.8, 4) is 0 Å². The van der Waals surface area contributed by atoms with Crippen molar-refractivity contribution in [2.45, 2.75) is 353 Å². The second-order valence-corrected chi connectivity index (χ2v) is 23.1. The van der Waals surface area contributed by atoms with Crippen LogP contribution in [-0.2, 0) is 42.9 Å². The van der Waals surface area contributed by atoms with Gasteiger partial charge in [-0.05, 0) is 57.8 Å². The fourth-order valence-electron chi connectivity index (χ4n) is 10.3. The highest BCUT2D eigenvalue weighted by atomic mass is 16.7. The van der Waals surface area contributed by atoms with Crippen molar-refractivity contribution in [2.75, 3.05) is 13.2 Å². The minimum absolute atomic E-state index is 0.0635. The number of carboxylic acid groups (broad SMARTS) is 1. The van der Waals surface area contributed by atoms with Gasteiger partial charge in [-0.2, -0.15) is 0 Å². The van der Waals surface area contributed by atoms with E-state index in [4.69, 9.17) is 23.7 Å². The molecule has 1 aliphatic heterocycles. The molecule has 81 heavy (non-hydrogen) atoms. The number of carboxylic acids is 1. The van der Waals surface area contributed by atoms with E-state index in [1.54, 1.807) is 0 Å². The van der Waals surface area contributed by atoms with Crippen molar-refractivity contribution in [2.24, 2.45) is 0 Å². The van der Waals surface area contributed by atoms with Crippen molar-refractivity contribution in [1.29, 1.82) is 0 Å². The molecule has 0 aliphatic carbocycles. The van der Waals surface area contributed by atoms with Gasteiger partial charge in [0.2, 0.25) is 0 Å². The minimum atomic E-state index is -1.90. The molecular formula is C69H122O12. The highest BCUT2D eigenvalue weighted by molar-refractivity contribution is 5.74. The number of allylic oxidation sites excluding steroid dienone is 8. The van der Waals surface area contributed by atoms with E-state index in [2.05, 4.69) is 69.4 Å². The summed E-state index contributed by atoms with van der Waals surface area (Å²) in [6, 6.07) is 0. The molecule has 1 heterocycles. The molecule has 0 amide bonds. The van der Waals surface area contributed by atoms with Crippen molar-refractivity contribution in [3.63, 3.8) is 0 Å². The quantitative estimate of drug-likeness (QED) is 0.0228. The fraction of sp³-hybridized carbons (Fsp3) is 0.826. The van der Waals surface area contributed by atoms with E-state index >= 15 is 0 Å². The number of esters is 3. The zero-order valence-electron chi connectivity index (χ0n) is 52.0. The minimum Gasteiger partial charge on any atom is -0.479 e. The molecule has 1 aliphatic rings. The molecular weight excluding hydrogens is 1020 g/mol. The molecule has 0 aromatic rings. The number of aliphatic hydroxyl groups is 2. The molecule has 6 unspecified atom stereocenters. The smallest absolute Gasteiger partial charge is 0.335 e. The van der Waals surface area contributed by atoms with Crippen LogP contribution in [0.2, 0.25) is 0 Å². The van der Waals surface area contributed by atoms with Gasteiger partial charge in [-0.25, -0.2) is 4.79 Å². The third-order valence-corrected chi connectivity index (χ3v) is 15.4. The first-order valence-electron chi connectivity index (χ1n) is 33.6. The lowest BCUT2D eigenvalue weighted by Gasteiger charge is -2.40. The molecule has 1 rings (SSSR count). The van der Waals surface area contributed by atoms with E-state index in [1.165, 1.54) is 167 Å². The Hall–Kier alpha value is -3.32. The Labute approximate surface area is 494 Å². The number of carbonyl (C=O) groups is 4. The third kappa shape index (κ3) is 46.7. The van der Waals surface area contributed by atoms with Gasteiger partial charge < -0.3 is 39.0 Å². The van der Waals surface area contributed by atoms with Gasteiger partial charge in [0.1, 0.15) is 18.8 Å². The molecule has 1 fully saturated rings. The Balaban J connectivity index is 2.64. The van der Waals surface area contributed by atoms with E-state index in [-0.39, 0.29) is 25.9 Å². The van der Waals surface area contributed by atoms with Crippen LogP contribution >= 0.6 is 0 Å². The maximum atomic E-state index is 13.2. The van der Waals surface area contributed by atoms with Crippen LogP contribution in [0.4, 0.5) is 0 Å². The van der Waals surface area contributed by atoms with Crippen LogP contribution in [0.15, 0.2) is 48.6 Å². The van der Waals surface area contributed by atoms with E-state index in [1.807, 2.05) is 0 Å². The van der Waals surface area contributed by atoms with Gasteiger partial charge >= 0.3 is 23.9 Å². The lowest BCUT2D eigenvalue weighted by molar-refractivity contribution is -0.301. The summed E-state index contributed by atoms with van der Waals surface area (Å²) in [5, 5.41) is 31.6. The number of hydrogen-bond acceptors (Lipinski definition) is 11. The largest absolute Gasteiger partial charge is 0.479 e. The summed E-state index contributed by atoms with van der Waals surface area (Å²) in [4.78, 5) is 51.4. The lowest BCUT2D eigenvalue weighted by atomic mass is 9.98. The summed E-state index contributed by atoms with van der Waals surface area (Å²) in [6.07, 6.45) is 57.8. The zero-order chi connectivity index (χ0) is 58.9. The number of carbonyl (C=O) groups excluding carboxylic acids is 3. The summed E-state index contributed by atoms with van der Waals surface area (Å²) in [7, 11) is 0. The Morgan fingerprint density at radius 1 is 0.420 bits per heavy atom. The van der Waals surface area contributed by atoms with Crippen LogP contribution < -0.4 is 0 Å². The Kier molecular flexibility index (Phi) is 53.4. The molecule has 1 saturated heterocycles. The van der Waals surface area contributed by atoms with Crippen LogP contribution in [0.5, 0.6) is 0 Å². The average molecular weight is 1140 g/mol. The summed E-state index contributed by atoms with van der Waals surface area (Å²) in [5.41, 5.74) is 0. The van der Waals surface area contributed by atoms with E-state index in [0.29, 0.717) is 19.3 Å². The van der Waals surface area contributed by atoms with Gasteiger partial charge in [0, 0.05) is 19.3 Å². The molecule has 12 heteroatoms. The van der Waals surface area contributed by atoms with Gasteiger partial charge in [-0.3, -0.25) is 14.4 Å². The van der Waals surface area contributed by atoms with Gasteiger partial charge in [0.25, 0.3) is 0 Å². The van der Waals surface area contributed by atoms with E-state index in [0.717, 1.165) is 89.9 Å². The third-order valence-electron chi connectivity index (χ3n) is 15.4. The van der Waals surface area contributed by atoms with Crippen molar-refractivity contribution in [1.82, 2.24) is 0 Å². The number of ether oxygens (including phenoxy) is 5. The van der Waals surface area contributed by atoms with Crippen LogP contribution in [0.1, 0.15) is 316 Å². The molecule has 6 atom stereocenters. The maximum absolute atomic E-state index is 13.2. The molecule has 470 valence electrons. The number of rotatable bonds is 58. The van der Waals surface area contributed by atoms with Crippen molar-refractivity contribution in [3.05, 3.63) is 48.6 Å². The average Bonchev–Trinajstić information content (AvgIpc) is 3.53. The first-order valence-corrected chi connectivity index (χ1v) is 33.6. The highest BCUT2D eigenvalue weighted by Crippen LogP contribution is 2.27. The number of hydrogen-bond donors (Lipinski definition) is 3. The molecule has 3 N–H and O–H groups in total. The van der Waals surface area contributed by atoms with Crippen molar-refractivity contribution < 1.29 is 58.2 Å². The SMILES string of the molecule is CC/C=C\C/C=C\C/C=C\C/C=C\CCCCCCC(=O)OCC(COC1OC(C(=O)O)C(O)C(O)C1OC(=O)CCCCCCCCCCCCCCCCCCCCC)OC(=O)CCCCCCCCCCCCCCCCC. The van der Waals surface area contributed by atoms with Crippen LogP contribution in [-0.4, -0.2) is 89.2 Å². The Morgan fingerprint density at radius 3 is 1.19 bits per heavy atom. The lowest BCUT2D eigenvalue weighted by Crippen LogP contribution is -2.61. The molecule has 0 radical (unpaired) electrons. The normalized spacial score (nSPS) is 18.0.